The number of unbranched alkanes of at least 4 members (excludes halogenated alkanes) is 2. The van der Waals surface area contributed by atoms with Crippen molar-refractivity contribution in [3.8, 4) is 0 Å². The zero-order valence-electron chi connectivity index (χ0n) is 6.99. The summed E-state index contributed by atoms with van der Waals surface area (Å²) < 4.78 is 0.813. The summed E-state index contributed by atoms with van der Waals surface area (Å²) in [5.74, 6) is 0. The molecule has 0 N–H and O–H groups in total. The minimum absolute atomic E-state index is 0.787. The van der Waals surface area contributed by atoms with E-state index in [2.05, 4.69) is 9.99 Å². The second-order valence-electron chi connectivity index (χ2n) is 2.13. The maximum Gasteiger partial charge on any atom is 0.150 e. The van der Waals surface area contributed by atoms with E-state index in [1.165, 1.54) is 14.2 Å². The van der Waals surface area contributed by atoms with E-state index in [-0.39, 0.29) is 0 Å². The number of oxime groups is 1. The lowest BCUT2D eigenvalue weighted by molar-refractivity contribution is -0.418. The van der Waals surface area contributed by atoms with Crippen molar-refractivity contribution in [3.63, 3.8) is 0 Å². The van der Waals surface area contributed by atoms with Crippen LogP contribution in [0.2, 0.25) is 0 Å². The van der Waals surface area contributed by atoms with E-state index in [0.29, 0.717) is 0 Å². The van der Waals surface area contributed by atoms with E-state index in [4.69, 9.17) is 0 Å². The van der Waals surface area contributed by atoms with Crippen LogP contribution in [0.1, 0.15) is 19.3 Å². The van der Waals surface area contributed by atoms with Crippen LogP contribution >= 0.6 is 0 Å². The van der Waals surface area contributed by atoms with Gasteiger partial charge in [0.25, 0.3) is 0 Å². The first-order valence-electron chi connectivity index (χ1n) is 3.55. The molecule has 0 aliphatic heterocycles. The van der Waals surface area contributed by atoms with Crippen LogP contribution in [0.25, 0.3) is 0 Å². The molecule has 0 saturated heterocycles. The molecule has 0 bridgehead atoms. The molecule has 0 aromatic heterocycles. The normalized spacial score (nSPS) is 12.4. The van der Waals surface area contributed by atoms with Crippen molar-refractivity contribution < 1.29 is 9.58 Å². The first kappa shape index (κ1) is 9.94. The van der Waals surface area contributed by atoms with Crippen LogP contribution in [0.3, 0.4) is 0 Å². The standard InChI is InChI=1S/C7H14N2O2/c1-9(10)7-5-3-4-6-8-11-2/h6-7H,3-5H2,1-2H3/b8-6+,9-7-. The first-order valence-corrected chi connectivity index (χ1v) is 3.55. The van der Waals surface area contributed by atoms with Crippen LogP contribution in [-0.2, 0) is 4.84 Å². The van der Waals surface area contributed by atoms with Gasteiger partial charge in [0.15, 0.2) is 6.21 Å². The van der Waals surface area contributed by atoms with Gasteiger partial charge < -0.3 is 10.0 Å². The first-order chi connectivity index (χ1) is 5.27. The highest BCUT2D eigenvalue weighted by Crippen LogP contribution is 1.89. The van der Waals surface area contributed by atoms with Gasteiger partial charge >= 0.3 is 0 Å². The third-order valence-corrected chi connectivity index (χ3v) is 1.10. The number of hydroxylamine groups is 1. The summed E-state index contributed by atoms with van der Waals surface area (Å²) in [5, 5.41) is 13.9. The molecule has 0 rings (SSSR count). The Morgan fingerprint density at radius 3 is 2.82 bits per heavy atom. The predicted molar refractivity (Wildman–Crippen MR) is 45.0 cm³/mol. The van der Waals surface area contributed by atoms with Gasteiger partial charge in [-0.15, -0.1) is 0 Å². The Labute approximate surface area is 66.7 Å². The zero-order valence-corrected chi connectivity index (χ0v) is 6.99. The molecule has 0 radical (unpaired) electrons. The van der Waals surface area contributed by atoms with Gasteiger partial charge in [-0.3, -0.25) is 0 Å². The van der Waals surface area contributed by atoms with Crippen molar-refractivity contribution in [2.75, 3.05) is 14.2 Å². The summed E-state index contributed by atoms with van der Waals surface area (Å²) in [5.41, 5.74) is 0. The molecular weight excluding hydrogens is 144 g/mol. The maximum atomic E-state index is 10.3. The van der Waals surface area contributed by atoms with Crippen molar-refractivity contribution >= 4 is 12.4 Å². The van der Waals surface area contributed by atoms with Gasteiger partial charge in [0, 0.05) is 12.6 Å². The summed E-state index contributed by atoms with van der Waals surface area (Å²) >= 11 is 0. The van der Waals surface area contributed by atoms with Crippen molar-refractivity contribution in [3.05, 3.63) is 5.21 Å². The summed E-state index contributed by atoms with van der Waals surface area (Å²) in [7, 11) is 2.98. The van der Waals surface area contributed by atoms with Gasteiger partial charge in [-0.1, -0.05) is 5.16 Å². The van der Waals surface area contributed by atoms with Crippen LogP contribution in [0.15, 0.2) is 5.16 Å². The van der Waals surface area contributed by atoms with E-state index in [0.717, 1.165) is 24.0 Å². The summed E-state index contributed by atoms with van der Waals surface area (Å²) in [6.07, 6.45) is 5.85. The third-order valence-electron chi connectivity index (χ3n) is 1.10. The summed E-state index contributed by atoms with van der Waals surface area (Å²) in [6, 6.07) is 0. The quantitative estimate of drug-likeness (QED) is 0.197. The Morgan fingerprint density at radius 2 is 2.27 bits per heavy atom. The minimum atomic E-state index is 0.787. The minimum Gasteiger partial charge on any atom is -0.624 e. The molecule has 0 spiro atoms. The smallest absolute Gasteiger partial charge is 0.150 e. The molecule has 0 atom stereocenters. The van der Waals surface area contributed by atoms with Crippen molar-refractivity contribution in [2.45, 2.75) is 19.3 Å². The highest BCUT2D eigenvalue weighted by molar-refractivity contribution is 5.57. The van der Waals surface area contributed by atoms with Crippen LogP contribution in [0, 0.1) is 5.21 Å². The molecular formula is C7H14N2O2. The molecule has 0 amide bonds. The fourth-order valence-electron chi connectivity index (χ4n) is 0.609. The molecule has 11 heavy (non-hydrogen) atoms. The lowest BCUT2D eigenvalue weighted by Crippen LogP contribution is -1.95. The molecule has 0 aliphatic carbocycles. The molecule has 0 unspecified atom stereocenters. The Bertz CT molecular complexity index is 139. The van der Waals surface area contributed by atoms with Gasteiger partial charge in [0.2, 0.25) is 0 Å². The molecule has 4 nitrogen and oxygen atoms in total. The maximum absolute atomic E-state index is 10.3. The highest BCUT2D eigenvalue weighted by atomic mass is 16.6. The third kappa shape index (κ3) is 8.94. The van der Waals surface area contributed by atoms with E-state index in [9.17, 15) is 5.21 Å². The number of hydrogen-bond acceptors (Lipinski definition) is 3. The Balaban J connectivity index is 3.15. The van der Waals surface area contributed by atoms with E-state index < -0.39 is 0 Å². The predicted octanol–water partition coefficient (Wildman–Crippen LogP) is 1.000. The van der Waals surface area contributed by atoms with Crippen LogP contribution in [-0.4, -0.2) is 31.3 Å². The highest BCUT2D eigenvalue weighted by Gasteiger charge is 1.84. The number of nitrogens with zero attached hydrogens (tertiary/aromatic N) is 2. The molecule has 0 fully saturated rings. The monoisotopic (exact) mass is 158 g/mol. The van der Waals surface area contributed by atoms with Crippen molar-refractivity contribution in [1.82, 2.24) is 0 Å². The lowest BCUT2D eigenvalue weighted by atomic mass is 10.3. The average Bonchev–Trinajstić information content (AvgIpc) is 1.96. The second kappa shape index (κ2) is 7.05. The van der Waals surface area contributed by atoms with E-state index in [1.54, 1.807) is 12.4 Å². The number of hydrogen-bond donors (Lipinski definition) is 0. The van der Waals surface area contributed by atoms with Crippen molar-refractivity contribution in [1.29, 1.82) is 0 Å². The fourth-order valence-corrected chi connectivity index (χ4v) is 0.609. The molecule has 4 heteroatoms. The average molecular weight is 158 g/mol. The Hall–Kier alpha value is -1.06. The lowest BCUT2D eigenvalue weighted by Gasteiger charge is -1.93. The Morgan fingerprint density at radius 1 is 1.55 bits per heavy atom. The van der Waals surface area contributed by atoms with E-state index >= 15 is 0 Å². The fraction of sp³-hybridized carbons (Fsp3) is 0.714. The Kier molecular flexibility index (Phi) is 6.37. The van der Waals surface area contributed by atoms with Gasteiger partial charge in [-0.05, 0) is 12.8 Å². The molecule has 0 aromatic carbocycles. The summed E-state index contributed by atoms with van der Waals surface area (Å²) in [6.45, 7) is 0. The molecule has 0 saturated carbocycles. The van der Waals surface area contributed by atoms with Gasteiger partial charge in [-0.25, -0.2) is 4.74 Å². The van der Waals surface area contributed by atoms with E-state index in [1.807, 2.05) is 0 Å². The largest absolute Gasteiger partial charge is 0.624 e. The van der Waals surface area contributed by atoms with Gasteiger partial charge in [0.05, 0.1) is 0 Å². The van der Waals surface area contributed by atoms with Crippen LogP contribution in [0.4, 0.5) is 0 Å². The van der Waals surface area contributed by atoms with Crippen LogP contribution < -0.4 is 0 Å². The molecule has 0 aromatic rings. The second-order valence-corrected chi connectivity index (χ2v) is 2.13. The SMILES string of the molecule is CO/N=C/CCC/C=[N+](/C)[O-]. The van der Waals surface area contributed by atoms with Gasteiger partial charge in [0.1, 0.15) is 14.2 Å². The van der Waals surface area contributed by atoms with Crippen molar-refractivity contribution in [2.24, 2.45) is 5.16 Å². The molecule has 0 heterocycles. The summed E-state index contributed by atoms with van der Waals surface area (Å²) in [4.78, 5) is 4.46. The molecule has 64 valence electrons. The van der Waals surface area contributed by atoms with Crippen LogP contribution in [0.5, 0.6) is 0 Å². The zero-order chi connectivity index (χ0) is 8.53. The molecule has 0 aliphatic rings. The number of rotatable bonds is 5. The topological polar surface area (TPSA) is 47.7 Å². The van der Waals surface area contributed by atoms with Gasteiger partial charge in [-0.2, -0.15) is 0 Å².